The van der Waals surface area contributed by atoms with E-state index in [1.165, 1.54) is 0 Å². The average Bonchev–Trinajstić information content (AvgIpc) is 2.62. The molecule has 0 aromatic rings. The lowest BCUT2D eigenvalue weighted by atomic mass is 10.2. The second-order valence-corrected chi connectivity index (χ2v) is 4.11. The number of carbonyl (C=O) groups excluding carboxylic acids is 1. The number of likely N-dealkylation sites (tertiary alicyclic amines) is 2. The summed E-state index contributed by atoms with van der Waals surface area (Å²) in [6, 6.07) is 0.400. The molecule has 0 spiro atoms. The first-order chi connectivity index (χ1) is 6.18. The van der Waals surface area contributed by atoms with Crippen LogP contribution < -0.4 is 5.73 Å². The van der Waals surface area contributed by atoms with Gasteiger partial charge in [-0.2, -0.15) is 0 Å². The van der Waals surface area contributed by atoms with E-state index in [4.69, 9.17) is 5.73 Å². The molecule has 1 amide bonds. The van der Waals surface area contributed by atoms with Crippen molar-refractivity contribution in [3.05, 3.63) is 0 Å². The molecule has 4 nitrogen and oxygen atoms in total. The van der Waals surface area contributed by atoms with Crippen LogP contribution in [0.25, 0.3) is 0 Å². The largest absolute Gasteiger partial charge is 0.344 e. The third-order valence-electron chi connectivity index (χ3n) is 3.10. The fourth-order valence-electron chi connectivity index (χ4n) is 2.24. The standard InChI is InChI=1S/C9H17N3O/c1-11-4-3-8(9(11)13)12-5-2-7(10)6-12/h7-8H,2-6,10H2,1H3. The Bertz CT molecular complexity index is 219. The minimum Gasteiger partial charge on any atom is -0.344 e. The van der Waals surface area contributed by atoms with Crippen LogP contribution in [0.15, 0.2) is 0 Å². The molecule has 0 aromatic heterocycles. The van der Waals surface area contributed by atoms with E-state index in [-0.39, 0.29) is 18.0 Å². The van der Waals surface area contributed by atoms with Crippen LogP contribution in [0, 0.1) is 0 Å². The second-order valence-electron chi connectivity index (χ2n) is 4.11. The summed E-state index contributed by atoms with van der Waals surface area (Å²) in [5.41, 5.74) is 5.81. The number of amides is 1. The monoisotopic (exact) mass is 183 g/mol. The van der Waals surface area contributed by atoms with E-state index < -0.39 is 0 Å². The molecule has 2 unspecified atom stereocenters. The molecular formula is C9H17N3O. The molecule has 2 aliphatic rings. The van der Waals surface area contributed by atoms with E-state index >= 15 is 0 Å². The van der Waals surface area contributed by atoms with Crippen LogP contribution in [-0.2, 0) is 4.79 Å². The highest BCUT2D eigenvalue weighted by Crippen LogP contribution is 2.19. The van der Waals surface area contributed by atoms with Gasteiger partial charge < -0.3 is 10.6 Å². The lowest BCUT2D eigenvalue weighted by Crippen LogP contribution is -2.40. The van der Waals surface area contributed by atoms with Crippen molar-refractivity contribution < 1.29 is 4.79 Å². The summed E-state index contributed by atoms with van der Waals surface area (Å²) in [6.45, 7) is 2.78. The molecule has 4 heteroatoms. The SMILES string of the molecule is CN1CCC(N2CCC(N)C2)C1=O. The predicted molar refractivity (Wildman–Crippen MR) is 50.2 cm³/mol. The highest BCUT2D eigenvalue weighted by atomic mass is 16.2. The van der Waals surface area contributed by atoms with Gasteiger partial charge in [0.15, 0.2) is 0 Å². The van der Waals surface area contributed by atoms with Crippen molar-refractivity contribution in [1.82, 2.24) is 9.80 Å². The molecule has 0 radical (unpaired) electrons. The van der Waals surface area contributed by atoms with Crippen molar-refractivity contribution in [2.45, 2.75) is 24.9 Å². The summed E-state index contributed by atoms with van der Waals surface area (Å²) in [5.74, 6) is 0.272. The Balaban J connectivity index is 1.98. The summed E-state index contributed by atoms with van der Waals surface area (Å²) in [7, 11) is 1.87. The van der Waals surface area contributed by atoms with Gasteiger partial charge in [0.25, 0.3) is 0 Å². The Labute approximate surface area is 78.7 Å². The Morgan fingerprint density at radius 2 is 2.15 bits per heavy atom. The number of hydrogen-bond acceptors (Lipinski definition) is 3. The zero-order chi connectivity index (χ0) is 9.42. The minimum atomic E-state index is 0.124. The fraction of sp³-hybridized carbons (Fsp3) is 0.889. The summed E-state index contributed by atoms with van der Waals surface area (Å²) < 4.78 is 0. The molecule has 2 rings (SSSR count). The highest BCUT2D eigenvalue weighted by Gasteiger charge is 2.36. The zero-order valence-corrected chi connectivity index (χ0v) is 8.07. The van der Waals surface area contributed by atoms with Crippen molar-refractivity contribution in [1.29, 1.82) is 0 Å². The molecule has 0 bridgehead atoms. The Morgan fingerprint density at radius 1 is 1.38 bits per heavy atom. The smallest absolute Gasteiger partial charge is 0.239 e. The van der Waals surface area contributed by atoms with E-state index in [0.717, 1.165) is 32.5 Å². The summed E-state index contributed by atoms with van der Waals surface area (Å²) in [6.07, 6.45) is 2.01. The number of nitrogens with two attached hydrogens (primary N) is 1. The predicted octanol–water partition coefficient (Wildman–Crippen LogP) is -0.750. The quantitative estimate of drug-likeness (QED) is 0.582. The van der Waals surface area contributed by atoms with Crippen LogP contribution in [-0.4, -0.2) is 54.5 Å². The van der Waals surface area contributed by atoms with Crippen molar-refractivity contribution in [3.63, 3.8) is 0 Å². The van der Waals surface area contributed by atoms with Gasteiger partial charge in [-0.25, -0.2) is 0 Å². The van der Waals surface area contributed by atoms with Crippen molar-refractivity contribution in [2.75, 3.05) is 26.7 Å². The summed E-state index contributed by atoms with van der Waals surface area (Å²) in [4.78, 5) is 15.7. The van der Waals surface area contributed by atoms with Gasteiger partial charge >= 0.3 is 0 Å². The number of nitrogens with zero attached hydrogens (tertiary/aromatic N) is 2. The maximum atomic E-state index is 11.6. The van der Waals surface area contributed by atoms with E-state index in [2.05, 4.69) is 4.90 Å². The van der Waals surface area contributed by atoms with Gasteiger partial charge in [-0.1, -0.05) is 0 Å². The van der Waals surface area contributed by atoms with Crippen LogP contribution >= 0.6 is 0 Å². The maximum absolute atomic E-state index is 11.6. The van der Waals surface area contributed by atoms with Gasteiger partial charge in [-0.15, -0.1) is 0 Å². The summed E-state index contributed by atoms with van der Waals surface area (Å²) >= 11 is 0. The van der Waals surface area contributed by atoms with Gasteiger partial charge in [0.1, 0.15) is 0 Å². The average molecular weight is 183 g/mol. The van der Waals surface area contributed by atoms with Gasteiger partial charge in [0.2, 0.25) is 5.91 Å². The van der Waals surface area contributed by atoms with Gasteiger partial charge in [-0.3, -0.25) is 9.69 Å². The van der Waals surface area contributed by atoms with Crippen molar-refractivity contribution in [2.24, 2.45) is 5.73 Å². The van der Waals surface area contributed by atoms with Gasteiger partial charge in [0, 0.05) is 32.7 Å². The number of carbonyl (C=O) groups is 1. The van der Waals surface area contributed by atoms with E-state index in [9.17, 15) is 4.79 Å². The first-order valence-corrected chi connectivity index (χ1v) is 4.93. The minimum absolute atomic E-state index is 0.124. The van der Waals surface area contributed by atoms with Crippen LogP contribution in [0.1, 0.15) is 12.8 Å². The first kappa shape index (κ1) is 8.97. The fourth-order valence-corrected chi connectivity index (χ4v) is 2.24. The lowest BCUT2D eigenvalue weighted by molar-refractivity contribution is -0.130. The van der Waals surface area contributed by atoms with E-state index in [1.807, 2.05) is 11.9 Å². The molecule has 2 atom stereocenters. The third kappa shape index (κ3) is 1.56. The molecule has 13 heavy (non-hydrogen) atoms. The third-order valence-corrected chi connectivity index (χ3v) is 3.10. The van der Waals surface area contributed by atoms with Crippen LogP contribution in [0.2, 0.25) is 0 Å². The molecule has 2 aliphatic heterocycles. The topological polar surface area (TPSA) is 49.6 Å². The van der Waals surface area contributed by atoms with Crippen LogP contribution in [0.5, 0.6) is 0 Å². The molecule has 2 N–H and O–H groups in total. The highest BCUT2D eigenvalue weighted by molar-refractivity contribution is 5.83. The molecule has 2 saturated heterocycles. The van der Waals surface area contributed by atoms with Gasteiger partial charge in [0.05, 0.1) is 6.04 Å². The molecule has 0 saturated carbocycles. The molecule has 74 valence electrons. The zero-order valence-electron chi connectivity index (χ0n) is 8.07. The molecule has 0 aromatic carbocycles. The lowest BCUT2D eigenvalue weighted by Gasteiger charge is -2.21. The maximum Gasteiger partial charge on any atom is 0.239 e. The normalized spacial score (nSPS) is 36.2. The van der Waals surface area contributed by atoms with E-state index in [1.54, 1.807) is 0 Å². The Kier molecular flexibility index (Phi) is 2.26. The summed E-state index contributed by atoms with van der Waals surface area (Å²) in [5, 5.41) is 0. The van der Waals surface area contributed by atoms with Crippen molar-refractivity contribution in [3.8, 4) is 0 Å². The van der Waals surface area contributed by atoms with Crippen LogP contribution in [0.3, 0.4) is 0 Å². The number of hydrogen-bond donors (Lipinski definition) is 1. The number of likely N-dealkylation sites (N-methyl/N-ethyl adjacent to an activating group) is 1. The first-order valence-electron chi connectivity index (χ1n) is 4.93. The number of rotatable bonds is 1. The Morgan fingerprint density at radius 3 is 2.62 bits per heavy atom. The van der Waals surface area contributed by atoms with Crippen LogP contribution in [0.4, 0.5) is 0 Å². The van der Waals surface area contributed by atoms with Gasteiger partial charge in [-0.05, 0) is 12.8 Å². The molecular weight excluding hydrogens is 166 g/mol. The molecule has 0 aliphatic carbocycles. The van der Waals surface area contributed by atoms with E-state index in [0.29, 0.717) is 0 Å². The second kappa shape index (κ2) is 3.27. The Hall–Kier alpha value is -0.610. The molecule has 2 heterocycles. The van der Waals surface area contributed by atoms with Crippen molar-refractivity contribution >= 4 is 5.91 Å². The molecule has 2 fully saturated rings.